The Morgan fingerprint density at radius 3 is 2.50 bits per heavy atom. The zero-order valence-corrected chi connectivity index (χ0v) is 8.52. The molecule has 0 aromatic rings. The topological polar surface area (TPSA) is 26.0 Å². The van der Waals surface area contributed by atoms with Crippen molar-refractivity contribution in [2.45, 2.75) is 56.9 Å². The fraction of sp³-hybridized carbons (Fsp3) is 1.00. The third kappa shape index (κ3) is 2.44. The molecule has 2 saturated carbocycles. The molecule has 3 unspecified atom stereocenters. The van der Waals surface area contributed by atoms with Gasteiger partial charge in [-0.2, -0.15) is 0 Å². The van der Waals surface area contributed by atoms with Gasteiger partial charge in [-0.1, -0.05) is 12.8 Å². The van der Waals surface area contributed by atoms with Crippen LogP contribution in [0.4, 0.5) is 8.78 Å². The molecule has 0 aromatic heterocycles. The monoisotopic (exact) mass is 203 g/mol. The average Bonchev–Trinajstić information content (AvgIpc) is 2.71. The highest BCUT2D eigenvalue weighted by Crippen LogP contribution is 2.51. The number of rotatable bonds is 3. The van der Waals surface area contributed by atoms with Gasteiger partial charge in [-0.15, -0.1) is 0 Å². The van der Waals surface area contributed by atoms with E-state index >= 15 is 0 Å². The van der Waals surface area contributed by atoms with E-state index in [2.05, 4.69) is 0 Å². The van der Waals surface area contributed by atoms with E-state index in [0.29, 0.717) is 18.4 Å². The number of hydrogen-bond acceptors (Lipinski definition) is 1. The third-order valence-electron chi connectivity index (χ3n) is 3.70. The van der Waals surface area contributed by atoms with E-state index in [1.54, 1.807) is 0 Å². The Labute approximate surface area is 84.0 Å². The zero-order chi connectivity index (χ0) is 10.2. The average molecular weight is 203 g/mol. The van der Waals surface area contributed by atoms with Crippen molar-refractivity contribution >= 4 is 0 Å². The first-order valence-electron chi connectivity index (χ1n) is 5.71. The van der Waals surface area contributed by atoms with Crippen molar-refractivity contribution in [2.24, 2.45) is 17.6 Å². The van der Waals surface area contributed by atoms with Crippen LogP contribution in [0.15, 0.2) is 0 Å². The Hall–Kier alpha value is -0.180. The van der Waals surface area contributed by atoms with Crippen LogP contribution in [0.25, 0.3) is 0 Å². The van der Waals surface area contributed by atoms with Gasteiger partial charge in [-0.05, 0) is 31.6 Å². The van der Waals surface area contributed by atoms with Crippen LogP contribution in [0.3, 0.4) is 0 Å². The van der Waals surface area contributed by atoms with Gasteiger partial charge in [0.25, 0.3) is 5.92 Å². The standard InChI is InChI=1S/C11H19F2N/c12-11(13)7-9(11)5-4-8-2-1-3-10(14)6-8/h8-10H,1-7,14H2. The summed E-state index contributed by atoms with van der Waals surface area (Å²) in [5, 5.41) is 0. The summed E-state index contributed by atoms with van der Waals surface area (Å²) in [5.41, 5.74) is 5.85. The normalized spacial score (nSPS) is 40.9. The Morgan fingerprint density at radius 2 is 1.93 bits per heavy atom. The van der Waals surface area contributed by atoms with Gasteiger partial charge in [-0.25, -0.2) is 8.78 Å². The SMILES string of the molecule is NC1CCCC(CCC2CC2(F)F)C1. The van der Waals surface area contributed by atoms with E-state index in [9.17, 15) is 8.78 Å². The van der Waals surface area contributed by atoms with Crippen molar-refractivity contribution in [3.8, 4) is 0 Å². The Bertz CT molecular complexity index is 205. The molecule has 3 atom stereocenters. The summed E-state index contributed by atoms with van der Waals surface area (Å²) in [4.78, 5) is 0. The molecule has 0 radical (unpaired) electrons. The number of nitrogens with two attached hydrogens (primary N) is 1. The van der Waals surface area contributed by atoms with Gasteiger partial charge in [-0.3, -0.25) is 0 Å². The van der Waals surface area contributed by atoms with Gasteiger partial charge in [0.15, 0.2) is 0 Å². The lowest BCUT2D eigenvalue weighted by Crippen LogP contribution is -2.27. The van der Waals surface area contributed by atoms with Crippen LogP contribution in [-0.2, 0) is 0 Å². The van der Waals surface area contributed by atoms with Gasteiger partial charge in [0.1, 0.15) is 0 Å². The maximum absolute atomic E-state index is 12.6. The molecule has 2 rings (SSSR count). The van der Waals surface area contributed by atoms with Crippen LogP contribution in [-0.4, -0.2) is 12.0 Å². The van der Waals surface area contributed by atoms with Crippen LogP contribution in [0, 0.1) is 11.8 Å². The minimum atomic E-state index is -2.32. The van der Waals surface area contributed by atoms with E-state index in [-0.39, 0.29) is 12.3 Å². The molecule has 0 spiro atoms. The second kappa shape index (κ2) is 3.76. The molecule has 2 aliphatic carbocycles. The van der Waals surface area contributed by atoms with Crippen molar-refractivity contribution in [1.82, 2.24) is 0 Å². The molecule has 14 heavy (non-hydrogen) atoms. The molecule has 2 N–H and O–H groups in total. The van der Waals surface area contributed by atoms with E-state index < -0.39 is 5.92 Å². The predicted octanol–water partition coefficient (Wildman–Crippen LogP) is 2.94. The second-order valence-corrected chi connectivity index (χ2v) is 5.03. The molecule has 0 amide bonds. The van der Waals surface area contributed by atoms with Crippen molar-refractivity contribution in [3.05, 3.63) is 0 Å². The predicted molar refractivity (Wildman–Crippen MR) is 52.2 cm³/mol. The summed E-state index contributed by atoms with van der Waals surface area (Å²) in [6, 6.07) is 0.327. The van der Waals surface area contributed by atoms with Gasteiger partial charge in [0.2, 0.25) is 0 Å². The summed E-state index contributed by atoms with van der Waals surface area (Å²) >= 11 is 0. The maximum atomic E-state index is 12.6. The van der Waals surface area contributed by atoms with Crippen LogP contribution in [0.5, 0.6) is 0 Å². The van der Waals surface area contributed by atoms with Crippen molar-refractivity contribution in [1.29, 1.82) is 0 Å². The smallest absolute Gasteiger partial charge is 0.251 e. The highest BCUT2D eigenvalue weighted by Gasteiger charge is 2.55. The molecular weight excluding hydrogens is 184 g/mol. The number of alkyl halides is 2. The van der Waals surface area contributed by atoms with Gasteiger partial charge < -0.3 is 5.73 Å². The Morgan fingerprint density at radius 1 is 1.21 bits per heavy atom. The van der Waals surface area contributed by atoms with Crippen LogP contribution in [0.1, 0.15) is 44.9 Å². The van der Waals surface area contributed by atoms with Gasteiger partial charge >= 0.3 is 0 Å². The van der Waals surface area contributed by atoms with Gasteiger partial charge in [0.05, 0.1) is 0 Å². The van der Waals surface area contributed by atoms with E-state index in [4.69, 9.17) is 5.73 Å². The van der Waals surface area contributed by atoms with Crippen molar-refractivity contribution in [3.63, 3.8) is 0 Å². The highest BCUT2D eigenvalue weighted by atomic mass is 19.3. The van der Waals surface area contributed by atoms with Crippen molar-refractivity contribution in [2.75, 3.05) is 0 Å². The van der Waals surface area contributed by atoms with Crippen LogP contribution >= 0.6 is 0 Å². The second-order valence-electron chi connectivity index (χ2n) is 5.03. The zero-order valence-electron chi connectivity index (χ0n) is 8.52. The number of halogens is 2. The molecule has 0 bridgehead atoms. The first kappa shape index (κ1) is 10.3. The van der Waals surface area contributed by atoms with Crippen LogP contribution in [0.2, 0.25) is 0 Å². The molecule has 0 aromatic carbocycles. The summed E-state index contributed by atoms with van der Waals surface area (Å²) in [5.74, 6) is -2.01. The molecule has 0 saturated heterocycles. The minimum Gasteiger partial charge on any atom is -0.328 e. The molecule has 1 nitrogen and oxygen atoms in total. The fourth-order valence-corrected chi connectivity index (χ4v) is 2.61. The quantitative estimate of drug-likeness (QED) is 0.749. The minimum absolute atomic E-state index is 0.131. The molecule has 3 heteroatoms. The molecule has 82 valence electrons. The van der Waals surface area contributed by atoms with Gasteiger partial charge in [0, 0.05) is 18.4 Å². The van der Waals surface area contributed by atoms with E-state index in [0.717, 1.165) is 19.3 Å². The molecular formula is C11H19F2N. The highest BCUT2D eigenvalue weighted by molar-refractivity contribution is 4.95. The summed E-state index contributed by atoms with van der Waals surface area (Å²) < 4.78 is 25.2. The lowest BCUT2D eigenvalue weighted by Gasteiger charge is -2.26. The molecule has 2 aliphatic rings. The molecule has 0 aliphatic heterocycles. The maximum Gasteiger partial charge on any atom is 0.251 e. The number of hydrogen-bond donors (Lipinski definition) is 1. The Kier molecular flexibility index (Phi) is 2.78. The van der Waals surface area contributed by atoms with Crippen LogP contribution < -0.4 is 5.73 Å². The van der Waals surface area contributed by atoms with E-state index in [1.807, 2.05) is 0 Å². The first-order valence-corrected chi connectivity index (χ1v) is 5.71. The van der Waals surface area contributed by atoms with Crippen molar-refractivity contribution < 1.29 is 8.78 Å². The lowest BCUT2D eigenvalue weighted by molar-refractivity contribution is 0.0947. The Balaban J connectivity index is 1.66. The summed E-state index contributed by atoms with van der Waals surface area (Å²) in [7, 11) is 0. The fourth-order valence-electron chi connectivity index (χ4n) is 2.61. The largest absolute Gasteiger partial charge is 0.328 e. The third-order valence-corrected chi connectivity index (χ3v) is 3.70. The molecule has 2 fully saturated rings. The lowest BCUT2D eigenvalue weighted by atomic mass is 9.83. The summed E-state index contributed by atoms with van der Waals surface area (Å²) in [6.45, 7) is 0. The molecule has 0 heterocycles. The summed E-state index contributed by atoms with van der Waals surface area (Å²) in [6.07, 6.45) is 6.37. The first-order chi connectivity index (χ1) is 6.58. The van der Waals surface area contributed by atoms with E-state index in [1.165, 1.54) is 12.8 Å².